The highest BCUT2D eigenvalue weighted by Crippen LogP contribution is 2.26. The van der Waals surface area contributed by atoms with Gasteiger partial charge < -0.3 is 14.2 Å². The van der Waals surface area contributed by atoms with Crippen LogP contribution in [-0.4, -0.2) is 68.3 Å². The van der Waals surface area contributed by atoms with Crippen LogP contribution in [0.15, 0.2) is 47.1 Å². The molecule has 0 atom stereocenters. The molecular formula is C24H27F3N8O. The Kier molecular flexibility index (Phi) is 7.93. The second-order valence-corrected chi connectivity index (χ2v) is 8.04. The molecule has 1 aromatic carbocycles. The fraction of sp³-hybridized carbons (Fsp3) is 0.375. The zero-order valence-corrected chi connectivity index (χ0v) is 20.3. The Hall–Kier alpha value is -3.80. The fourth-order valence-electron chi connectivity index (χ4n) is 3.73. The summed E-state index contributed by atoms with van der Waals surface area (Å²) in [5, 5.41) is 15.1. The van der Waals surface area contributed by atoms with E-state index in [1.54, 1.807) is 6.20 Å². The summed E-state index contributed by atoms with van der Waals surface area (Å²) in [4.78, 5) is 8.71. The number of benzene rings is 1. The molecule has 190 valence electrons. The van der Waals surface area contributed by atoms with Crippen LogP contribution in [0.4, 0.5) is 18.9 Å². The molecule has 1 saturated heterocycles. The van der Waals surface area contributed by atoms with Crippen molar-refractivity contribution in [2.75, 3.05) is 38.1 Å². The van der Waals surface area contributed by atoms with Gasteiger partial charge in [0.15, 0.2) is 0 Å². The molecule has 0 spiro atoms. The van der Waals surface area contributed by atoms with Crippen LogP contribution < -0.4 is 4.90 Å². The van der Waals surface area contributed by atoms with Gasteiger partial charge in [0.2, 0.25) is 5.89 Å². The molecule has 0 amide bonds. The van der Waals surface area contributed by atoms with E-state index in [1.807, 2.05) is 26.0 Å². The Bertz CT molecular complexity index is 1280. The van der Waals surface area contributed by atoms with Crippen molar-refractivity contribution in [1.29, 1.82) is 0 Å². The maximum atomic E-state index is 14.6. The van der Waals surface area contributed by atoms with Crippen molar-refractivity contribution in [2.24, 2.45) is 0 Å². The van der Waals surface area contributed by atoms with Gasteiger partial charge in [-0.05, 0) is 25.2 Å². The zero-order valence-electron chi connectivity index (χ0n) is 20.3. The largest absolute Gasteiger partial charge is 0.415 e. The third-order valence-corrected chi connectivity index (χ3v) is 5.65. The van der Waals surface area contributed by atoms with Gasteiger partial charge in [0.25, 0.3) is 5.89 Å². The number of alkyl halides is 2. The van der Waals surface area contributed by atoms with Gasteiger partial charge in [0.1, 0.15) is 11.5 Å². The first kappa shape index (κ1) is 25.3. The highest BCUT2D eigenvalue weighted by atomic mass is 19.3. The SMILES string of the molecule is CC.CN1CCN(c2cccc(-c3cn(Cc4ncc(-c5nnc(C(F)F)o5)cc4F)nn3)c2)CC1. The first-order chi connectivity index (χ1) is 17.5. The van der Waals surface area contributed by atoms with E-state index in [-0.39, 0.29) is 23.7 Å². The van der Waals surface area contributed by atoms with Crippen LogP contribution in [0.5, 0.6) is 0 Å². The lowest BCUT2D eigenvalue weighted by atomic mass is 10.1. The molecule has 9 nitrogen and oxygen atoms in total. The van der Waals surface area contributed by atoms with E-state index >= 15 is 0 Å². The first-order valence-corrected chi connectivity index (χ1v) is 11.7. The van der Waals surface area contributed by atoms with Crippen molar-refractivity contribution in [1.82, 2.24) is 35.1 Å². The Morgan fingerprint density at radius 2 is 1.78 bits per heavy atom. The maximum absolute atomic E-state index is 14.6. The first-order valence-electron chi connectivity index (χ1n) is 11.7. The molecule has 0 aliphatic carbocycles. The van der Waals surface area contributed by atoms with Crippen molar-refractivity contribution >= 4 is 5.69 Å². The van der Waals surface area contributed by atoms with Gasteiger partial charge in [-0.3, -0.25) is 4.98 Å². The molecule has 5 rings (SSSR count). The molecule has 12 heteroatoms. The number of piperazine rings is 1. The van der Waals surface area contributed by atoms with Gasteiger partial charge in [-0.1, -0.05) is 31.2 Å². The number of halogens is 3. The quantitative estimate of drug-likeness (QED) is 0.387. The van der Waals surface area contributed by atoms with E-state index in [2.05, 4.69) is 54.5 Å². The van der Waals surface area contributed by atoms with Gasteiger partial charge in [-0.25, -0.2) is 9.07 Å². The van der Waals surface area contributed by atoms with Gasteiger partial charge in [0.05, 0.1) is 24.0 Å². The predicted octanol–water partition coefficient (Wildman–Crippen LogP) is 4.29. The van der Waals surface area contributed by atoms with Crippen molar-refractivity contribution in [2.45, 2.75) is 26.8 Å². The number of pyridine rings is 1. The van der Waals surface area contributed by atoms with E-state index in [9.17, 15) is 13.2 Å². The maximum Gasteiger partial charge on any atom is 0.314 e. The van der Waals surface area contributed by atoms with E-state index in [1.165, 1.54) is 10.9 Å². The summed E-state index contributed by atoms with van der Waals surface area (Å²) >= 11 is 0. The number of hydrogen-bond acceptors (Lipinski definition) is 8. The van der Waals surface area contributed by atoms with Gasteiger partial charge in [-0.2, -0.15) is 8.78 Å². The summed E-state index contributed by atoms with van der Waals surface area (Å²) in [6.45, 7) is 7.99. The van der Waals surface area contributed by atoms with Crippen molar-refractivity contribution in [3.8, 4) is 22.7 Å². The summed E-state index contributed by atoms with van der Waals surface area (Å²) in [5.41, 5.74) is 2.93. The van der Waals surface area contributed by atoms with Crippen molar-refractivity contribution < 1.29 is 17.6 Å². The lowest BCUT2D eigenvalue weighted by Crippen LogP contribution is -2.44. The molecule has 1 aliphatic heterocycles. The summed E-state index contributed by atoms with van der Waals surface area (Å²) < 4.78 is 46.2. The second-order valence-electron chi connectivity index (χ2n) is 8.04. The smallest absolute Gasteiger partial charge is 0.314 e. The lowest BCUT2D eigenvalue weighted by Gasteiger charge is -2.34. The van der Waals surface area contributed by atoms with Gasteiger partial charge in [-0.15, -0.1) is 15.3 Å². The normalized spacial score (nSPS) is 14.1. The van der Waals surface area contributed by atoms with Crippen LogP contribution in [0.3, 0.4) is 0 Å². The van der Waals surface area contributed by atoms with Crippen LogP contribution >= 0.6 is 0 Å². The molecule has 4 aromatic rings. The lowest BCUT2D eigenvalue weighted by molar-refractivity contribution is 0.116. The molecular weight excluding hydrogens is 473 g/mol. The van der Waals surface area contributed by atoms with Crippen LogP contribution in [0.25, 0.3) is 22.7 Å². The number of aromatic nitrogens is 6. The average Bonchev–Trinajstić information content (AvgIpc) is 3.58. The van der Waals surface area contributed by atoms with E-state index in [4.69, 9.17) is 4.42 Å². The molecule has 0 unspecified atom stereocenters. The molecule has 1 aliphatic rings. The minimum atomic E-state index is -2.90. The molecule has 0 bridgehead atoms. The summed E-state index contributed by atoms with van der Waals surface area (Å²) in [5.74, 6) is -1.70. The highest BCUT2D eigenvalue weighted by Gasteiger charge is 2.19. The molecule has 0 saturated carbocycles. The second kappa shape index (κ2) is 11.3. The van der Waals surface area contributed by atoms with Crippen LogP contribution in [0, 0.1) is 5.82 Å². The molecule has 1 fully saturated rings. The number of likely N-dealkylation sites (N-methyl/N-ethyl adjacent to an activating group) is 1. The summed E-state index contributed by atoms with van der Waals surface area (Å²) in [6.07, 6.45) is 0.117. The molecule has 4 heterocycles. The highest BCUT2D eigenvalue weighted by molar-refractivity contribution is 5.65. The van der Waals surface area contributed by atoms with Gasteiger partial charge >= 0.3 is 6.43 Å². The van der Waals surface area contributed by atoms with Crippen molar-refractivity contribution in [3.05, 3.63) is 60.1 Å². The van der Waals surface area contributed by atoms with E-state index in [0.717, 1.165) is 43.5 Å². The molecule has 0 radical (unpaired) electrons. The molecule has 3 aromatic heterocycles. The number of hydrogen-bond donors (Lipinski definition) is 0. The Morgan fingerprint density at radius 3 is 2.47 bits per heavy atom. The van der Waals surface area contributed by atoms with E-state index in [0.29, 0.717) is 5.69 Å². The third kappa shape index (κ3) is 5.70. The number of anilines is 1. The Balaban J connectivity index is 0.00000148. The number of rotatable bonds is 6. The predicted molar refractivity (Wildman–Crippen MR) is 128 cm³/mol. The van der Waals surface area contributed by atoms with Crippen LogP contribution in [0.1, 0.15) is 31.9 Å². The van der Waals surface area contributed by atoms with Crippen LogP contribution in [0.2, 0.25) is 0 Å². The van der Waals surface area contributed by atoms with Crippen molar-refractivity contribution in [3.63, 3.8) is 0 Å². The topological polar surface area (TPSA) is 89.0 Å². The summed E-state index contributed by atoms with van der Waals surface area (Å²) in [7, 11) is 2.12. The monoisotopic (exact) mass is 500 g/mol. The fourth-order valence-corrected chi connectivity index (χ4v) is 3.73. The standard InChI is InChI=1S/C22H21F3N8O.C2H6/c1-31-5-7-32(8-6-31)16-4-2-3-14(9-16)18-12-33(30-27-18)13-19-17(23)10-15(11-26-19)21-28-29-22(34-21)20(24)25;1-2/h2-4,9-12,20H,5-8,13H2,1H3;1-2H3. The minimum Gasteiger partial charge on any atom is -0.415 e. The number of nitrogens with zero attached hydrogens (tertiary/aromatic N) is 8. The zero-order chi connectivity index (χ0) is 25.7. The minimum absolute atomic E-state index is 0.0450. The Morgan fingerprint density at radius 1 is 1.00 bits per heavy atom. The average molecular weight is 501 g/mol. The van der Waals surface area contributed by atoms with Gasteiger partial charge in [0, 0.05) is 43.6 Å². The molecule has 0 N–H and O–H groups in total. The summed E-state index contributed by atoms with van der Waals surface area (Å²) in [6, 6.07) is 9.21. The van der Waals surface area contributed by atoms with Crippen LogP contribution in [-0.2, 0) is 6.54 Å². The Labute approximate surface area is 206 Å². The molecule has 36 heavy (non-hydrogen) atoms. The van der Waals surface area contributed by atoms with E-state index < -0.39 is 18.1 Å². The third-order valence-electron chi connectivity index (χ3n) is 5.65.